The van der Waals surface area contributed by atoms with Gasteiger partial charge in [0.05, 0.1) is 4.47 Å². The molecule has 3 N–H and O–H groups in total. The summed E-state index contributed by atoms with van der Waals surface area (Å²) in [5, 5.41) is 7.31. The van der Waals surface area contributed by atoms with Crippen LogP contribution in [-0.4, -0.2) is 5.84 Å². The fourth-order valence-electron chi connectivity index (χ4n) is 1.63. The Morgan fingerprint density at radius 1 is 1.20 bits per heavy atom. The fourth-order valence-corrected chi connectivity index (χ4v) is 2.17. The summed E-state index contributed by atoms with van der Waals surface area (Å²) in [5.74, 6) is -1.80. The second kappa shape index (κ2) is 5.58. The van der Waals surface area contributed by atoms with E-state index in [2.05, 4.69) is 15.9 Å². The quantitative estimate of drug-likeness (QED) is 0.652. The highest BCUT2D eigenvalue weighted by molar-refractivity contribution is 9.10. The molecular formula is C14H11BrF2N2O. The second-order valence-electron chi connectivity index (χ2n) is 4.19. The molecule has 20 heavy (non-hydrogen) atoms. The molecular weight excluding hydrogens is 330 g/mol. The van der Waals surface area contributed by atoms with Gasteiger partial charge in [-0.25, -0.2) is 8.78 Å². The zero-order valence-electron chi connectivity index (χ0n) is 10.5. The Morgan fingerprint density at radius 2 is 1.90 bits per heavy atom. The molecule has 0 atom stereocenters. The first kappa shape index (κ1) is 14.5. The molecule has 0 saturated heterocycles. The average molecular weight is 341 g/mol. The highest BCUT2D eigenvalue weighted by Gasteiger charge is 2.16. The normalized spacial score (nSPS) is 10.4. The minimum atomic E-state index is -0.737. The summed E-state index contributed by atoms with van der Waals surface area (Å²) in [5.41, 5.74) is 6.32. The van der Waals surface area contributed by atoms with Crippen LogP contribution in [0.2, 0.25) is 0 Å². The lowest BCUT2D eigenvalue weighted by Gasteiger charge is -2.11. The third-order valence-corrected chi connectivity index (χ3v) is 3.42. The first-order chi connectivity index (χ1) is 9.40. The van der Waals surface area contributed by atoms with Gasteiger partial charge >= 0.3 is 0 Å². The van der Waals surface area contributed by atoms with E-state index in [9.17, 15) is 8.78 Å². The van der Waals surface area contributed by atoms with Crippen LogP contribution in [0.25, 0.3) is 0 Å². The van der Waals surface area contributed by atoms with E-state index < -0.39 is 11.6 Å². The Bertz CT molecular complexity index is 689. The molecule has 0 aromatic heterocycles. The Hall–Kier alpha value is -1.95. The maximum absolute atomic E-state index is 14.1. The lowest BCUT2D eigenvalue weighted by atomic mass is 10.2. The predicted molar refractivity (Wildman–Crippen MR) is 76.3 cm³/mol. The molecule has 0 unspecified atom stereocenters. The minimum absolute atomic E-state index is 0.00978. The molecule has 0 fully saturated rings. The van der Waals surface area contributed by atoms with Crippen LogP contribution in [0.5, 0.6) is 11.5 Å². The van der Waals surface area contributed by atoms with E-state index in [1.165, 1.54) is 24.3 Å². The molecule has 0 bridgehead atoms. The van der Waals surface area contributed by atoms with Crippen molar-refractivity contribution in [2.45, 2.75) is 6.92 Å². The fraction of sp³-hybridized carbons (Fsp3) is 0.0714. The van der Waals surface area contributed by atoms with E-state index in [1.807, 2.05) is 0 Å². The first-order valence-corrected chi connectivity index (χ1v) is 6.46. The topological polar surface area (TPSA) is 59.1 Å². The Balaban J connectivity index is 2.42. The van der Waals surface area contributed by atoms with Crippen LogP contribution in [0, 0.1) is 24.0 Å². The summed E-state index contributed by atoms with van der Waals surface area (Å²) >= 11 is 3.01. The number of benzene rings is 2. The minimum Gasteiger partial charge on any atom is -0.451 e. The van der Waals surface area contributed by atoms with Gasteiger partial charge in [0.1, 0.15) is 5.84 Å². The number of hydrogen-bond acceptors (Lipinski definition) is 2. The van der Waals surface area contributed by atoms with E-state index in [1.54, 1.807) is 13.0 Å². The molecule has 0 radical (unpaired) electrons. The molecule has 0 aliphatic rings. The third kappa shape index (κ3) is 2.80. The largest absolute Gasteiger partial charge is 0.451 e. The number of nitrogens with two attached hydrogens (primary N) is 1. The Kier molecular flexibility index (Phi) is 4.04. The zero-order chi connectivity index (χ0) is 14.9. The number of nitrogens with one attached hydrogen (secondary N) is 1. The standard InChI is InChI=1S/C14H11BrF2N2O/c1-7-2-4-9(16)11(6-7)20-10-5-3-8(14(18)19)12(15)13(10)17/h2-6H,1H3,(H3,18,19). The number of aryl methyl sites for hydroxylation is 1. The van der Waals surface area contributed by atoms with E-state index in [0.717, 1.165) is 5.56 Å². The molecule has 0 heterocycles. The van der Waals surface area contributed by atoms with Crippen molar-refractivity contribution in [1.82, 2.24) is 0 Å². The number of hydrogen-bond donors (Lipinski definition) is 2. The third-order valence-electron chi connectivity index (χ3n) is 2.64. The molecule has 2 aromatic carbocycles. The molecule has 2 aromatic rings. The summed E-state index contributed by atoms with van der Waals surface area (Å²) in [4.78, 5) is 0. The van der Waals surface area contributed by atoms with Gasteiger partial charge in [-0.15, -0.1) is 0 Å². The van der Waals surface area contributed by atoms with Crippen molar-refractivity contribution in [3.8, 4) is 11.5 Å². The van der Waals surface area contributed by atoms with Crippen LogP contribution in [0.3, 0.4) is 0 Å². The van der Waals surface area contributed by atoms with Crippen molar-refractivity contribution in [2.75, 3.05) is 0 Å². The number of amidine groups is 1. The van der Waals surface area contributed by atoms with Gasteiger partial charge in [-0.05, 0) is 52.7 Å². The van der Waals surface area contributed by atoms with Crippen molar-refractivity contribution in [1.29, 1.82) is 5.41 Å². The van der Waals surface area contributed by atoms with Gasteiger partial charge in [0.15, 0.2) is 23.1 Å². The van der Waals surface area contributed by atoms with Crippen molar-refractivity contribution in [3.05, 3.63) is 57.6 Å². The van der Waals surface area contributed by atoms with E-state index in [0.29, 0.717) is 0 Å². The number of ether oxygens (including phenoxy) is 1. The van der Waals surface area contributed by atoms with Crippen LogP contribution >= 0.6 is 15.9 Å². The van der Waals surface area contributed by atoms with Gasteiger partial charge in [0.2, 0.25) is 0 Å². The molecule has 0 spiro atoms. The van der Waals surface area contributed by atoms with Crippen molar-refractivity contribution in [3.63, 3.8) is 0 Å². The molecule has 3 nitrogen and oxygen atoms in total. The molecule has 0 aliphatic heterocycles. The van der Waals surface area contributed by atoms with Crippen LogP contribution in [0.4, 0.5) is 8.78 Å². The first-order valence-electron chi connectivity index (χ1n) is 5.66. The molecule has 2 rings (SSSR count). The van der Waals surface area contributed by atoms with Crippen molar-refractivity contribution < 1.29 is 13.5 Å². The summed E-state index contributed by atoms with van der Waals surface area (Å²) in [6, 6.07) is 7.05. The van der Waals surface area contributed by atoms with Crippen LogP contribution in [-0.2, 0) is 0 Å². The summed E-state index contributed by atoms with van der Waals surface area (Å²) in [6.45, 7) is 1.78. The number of halogens is 3. The Morgan fingerprint density at radius 3 is 2.55 bits per heavy atom. The monoisotopic (exact) mass is 340 g/mol. The van der Waals surface area contributed by atoms with Gasteiger partial charge in [-0.1, -0.05) is 6.07 Å². The summed E-state index contributed by atoms with van der Waals surface area (Å²) in [7, 11) is 0. The molecule has 0 saturated carbocycles. The van der Waals surface area contributed by atoms with E-state index in [-0.39, 0.29) is 27.4 Å². The molecule has 104 valence electrons. The maximum Gasteiger partial charge on any atom is 0.180 e. The highest BCUT2D eigenvalue weighted by atomic mass is 79.9. The SMILES string of the molecule is Cc1ccc(F)c(Oc2ccc(C(=N)N)c(Br)c2F)c1. The van der Waals surface area contributed by atoms with Gasteiger partial charge in [-0.3, -0.25) is 5.41 Å². The van der Waals surface area contributed by atoms with Crippen LogP contribution in [0.1, 0.15) is 11.1 Å². The second-order valence-corrected chi connectivity index (χ2v) is 4.98. The smallest absolute Gasteiger partial charge is 0.180 e. The molecule has 0 amide bonds. The number of nitrogen functional groups attached to an aromatic ring is 1. The highest BCUT2D eigenvalue weighted by Crippen LogP contribution is 2.32. The average Bonchev–Trinajstić information content (AvgIpc) is 2.39. The van der Waals surface area contributed by atoms with Gasteiger partial charge < -0.3 is 10.5 Å². The van der Waals surface area contributed by atoms with Crippen LogP contribution in [0.15, 0.2) is 34.8 Å². The van der Waals surface area contributed by atoms with E-state index >= 15 is 0 Å². The van der Waals surface area contributed by atoms with E-state index in [4.69, 9.17) is 15.9 Å². The van der Waals surface area contributed by atoms with Crippen LogP contribution < -0.4 is 10.5 Å². The van der Waals surface area contributed by atoms with Gasteiger partial charge in [0, 0.05) is 5.56 Å². The van der Waals surface area contributed by atoms with Crippen molar-refractivity contribution >= 4 is 21.8 Å². The van der Waals surface area contributed by atoms with Crippen molar-refractivity contribution in [2.24, 2.45) is 5.73 Å². The zero-order valence-corrected chi connectivity index (χ0v) is 12.1. The lowest BCUT2D eigenvalue weighted by molar-refractivity contribution is 0.413. The lowest BCUT2D eigenvalue weighted by Crippen LogP contribution is -2.12. The predicted octanol–water partition coefficient (Wildman–Crippen LogP) is 4.11. The summed E-state index contributed by atoms with van der Waals surface area (Å²) < 4.78 is 32.9. The summed E-state index contributed by atoms with van der Waals surface area (Å²) in [6.07, 6.45) is 0. The Labute approximate surface area is 123 Å². The molecule has 6 heteroatoms. The van der Waals surface area contributed by atoms with Gasteiger partial charge in [-0.2, -0.15) is 0 Å². The number of rotatable bonds is 3. The van der Waals surface area contributed by atoms with Gasteiger partial charge in [0.25, 0.3) is 0 Å². The maximum atomic E-state index is 14.1. The molecule has 0 aliphatic carbocycles.